The van der Waals surface area contributed by atoms with E-state index in [4.69, 9.17) is 21.1 Å². The normalized spacial score (nSPS) is 12.4. The first kappa shape index (κ1) is 18.2. The van der Waals surface area contributed by atoms with Gasteiger partial charge in [0.2, 0.25) is 0 Å². The number of aryl methyl sites for hydroxylation is 2. The fourth-order valence-corrected chi connectivity index (χ4v) is 3.48. The molecule has 0 aliphatic carbocycles. The molecule has 1 atom stereocenters. The maximum Gasteiger partial charge on any atom is 0.290 e. The molecule has 28 heavy (non-hydrogen) atoms. The number of halogens is 1. The van der Waals surface area contributed by atoms with E-state index >= 15 is 0 Å². The lowest BCUT2D eigenvalue weighted by molar-refractivity contribution is 0.393. The van der Waals surface area contributed by atoms with Crippen LogP contribution in [0.25, 0.3) is 22.4 Å². The molecule has 0 radical (unpaired) electrons. The van der Waals surface area contributed by atoms with Gasteiger partial charge in [0.05, 0.1) is 23.0 Å². The second kappa shape index (κ2) is 7.12. The molecule has 0 aliphatic heterocycles. The van der Waals surface area contributed by atoms with E-state index < -0.39 is 11.6 Å². The first-order valence-corrected chi connectivity index (χ1v) is 9.18. The number of pyridine rings is 1. The van der Waals surface area contributed by atoms with Crippen LogP contribution in [0.5, 0.6) is 0 Å². The molecule has 0 unspecified atom stereocenters. The number of hydrogen-bond acceptors (Lipinski definition) is 7. The zero-order valence-corrected chi connectivity index (χ0v) is 16.3. The van der Waals surface area contributed by atoms with Crippen LogP contribution >= 0.6 is 11.6 Å². The fourth-order valence-electron chi connectivity index (χ4n) is 3.30. The van der Waals surface area contributed by atoms with Gasteiger partial charge in [-0.1, -0.05) is 23.7 Å². The number of rotatable bonds is 4. The van der Waals surface area contributed by atoms with Crippen LogP contribution in [-0.4, -0.2) is 29.7 Å². The largest absolute Gasteiger partial charge is 0.361 e. The summed E-state index contributed by atoms with van der Waals surface area (Å²) in [5, 5.41) is 3.87. The molecule has 142 valence electrons. The minimum Gasteiger partial charge on any atom is -0.361 e. The van der Waals surface area contributed by atoms with Crippen molar-refractivity contribution in [2.45, 2.75) is 33.2 Å². The van der Waals surface area contributed by atoms with E-state index in [9.17, 15) is 4.79 Å². The molecule has 4 aromatic rings. The standard InChI is InChI=1S/C19H17ClN6O2/c1-4-14(17-21-8-5-9-22-17)26-18-13(23-16(20)19(26)27)7-6-12(24-18)15-10(2)25-28-11(15)3/h5-9,14H,4H2,1-3H3/t14-/m0/s1. The van der Waals surface area contributed by atoms with Crippen molar-refractivity contribution in [2.75, 3.05) is 0 Å². The van der Waals surface area contributed by atoms with Gasteiger partial charge in [0.25, 0.3) is 5.56 Å². The van der Waals surface area contributed by atoms with Gasteiger partial charge in [0, 0.05) is 12.4 Å². The van der Waals surface area contributed by atoms with Crippen molar-refractivity contribution < 1.29 is 4.52 Å². The van der Waals surface area contributed by atoms with Crippen LogP contribution in [0, 0.1) is 13.8 Å². The summed E-state index contributed by atoms with van der Waals surface area (Å²) >= 11 is 6.13. The highest BCUT2D eigenvalue weighted by Crippen LogP contribution is 2.28. The SMILES string of the molecule is CC[C@@H](c1ncccn1)n1c(=O)c(Cl)nc2ccc(-c3c(C)noc3C)nc21. The van der Waals surface area contributed by atoms with Gasteiger partial charge in [0.15, 0.2) is 16.6 Å². The maximum absolute atomic E-state index is 12.9. The summed E-state index contributed by atoms with van der Waals surface area (Å²) in [6, 6.07) is 4.89. The highest BCUT2D eigenvalue weighted by molar-refractivity contribution is 6.29. The summed E-state index contributed by atoms with van der Waals surface area (Å²) in [5.74, 6) is 1.17. The van der Waals surface area contributed by atoms with Crippen molar-refractivity contribution in [1.82, 2.24) is 29.7 Å². The first-order chi connectivity index (χ1) is 13.5. The van der Waals surface area contributed by atoms with Crippen molar-refractivity contribution in [1.29, 1.82) is 0 Å². The van der Waals surface area contributed by atoms with Crippen molar-refractivity contribution in [2.24, 2.45) is 0 Å². The Morgan fingerprint density at radius 3 is 2.57 bits per heavy atom. The van der Waals surface area contributed by atoms with Crippen LogP contribution in [0.15, 0.2) is 39.9 Å². The van der Waals surface area contributed by atoms with Crippen LogP contribution in [-0.2, 0) is 0 Å². The molecule has 0 bridgehead atoms. The second-order valence-corrected chi connectivity index (χ2v) is 6.71. The summed E-state index contributed by atoms with van der Waals surface area (Å²) in [7, 11) is 0. The van der Waals surface area contributed by atoms with Crippen LogP contribution in [0.3, 0.4) is 0 Å². The van der Waals surface area contributed by atoms with Gasteiger partial charge in [-0.25, -0.2) is 19.9 Å². The lowest BCUT2D eigenvalue weighted by atomic mass is 10.1. The number of aromatic nitrogens is 6. The van der Waals surface area contributed by atoms with Crippen molar-refractivity contribution in [3.05, 3.63) is 63.4 Å². The molecule has 9 heteroatoms. The molecule has 0 N–H and O–H groups in total. The van der Waals surface area contributed by atoms with Gasteiger partial charge in [0.1, 0.15) is 11.3 Å². The smallest absolute Gasteiger partial charge is 0.290 e. The second-order valence-electron chi connectivity index (χ2n) is 6.35. The highest BCUT2D eigenvalue weighted by atomic mass is 35.5. The Bertz CT molecular complexity index is 1200. The molecule has 0 amide bonds. The third kappa shape index (κ3) is 2.95. The molecule has 0 aliphatic rings. The molecule has 0 spiro atoms. The summed E-state index contributed by atoms with van der Waals surface area (Å²) in [5.41, 5.74) is 2.64. The molecule has 4 aromatic heterocycles. The highest BCUT2D eigenvalue weighted by Gasteiger charge is 2.23. The quantitative estimate of drug-likeness (QED) is 0.520. The Morgan fingerprint density at radius 1 is 1.18 bits per heavy atom. The predicted molar refractivity (Wildman–Crippen MR) is 104 cm³/mol. The molecule has 4 heterocycles. The van der Waals surface area contributed by atoms with Gasteiger partial charge < -0.3 is 4.52 Å². The van der Waals surface area contributed by atoms with Crippen molar-refractivity contribution >= 4 is 22.8 Å². The lowest BCUT2D eigenvalue weighted by Gasteiger charge is -2.19. The Labute approximate surface area is 165 Å². The molecule has 4 rings (SSSR count). The third-order valence-corrected chi connectivity index (χ3v) is 4.81. The first-order valence-electron chi connectivity index (χ1n) is 8.80. The molecule has 8 nitrogen and oxygen atoms in total. The number of hydrogen-bond donors (Lipinski definition) is 0. The van der Waals surface area contributed by atoms with Gasteiger partial charge in [-0.3, -0.25) is 9.36 Å². The Balaban J connectivity index is 2.02. The van der Waals surface area contributed by atoms with Crippen LogP contribution in [0.1, 0.15) is 36.7 Å². The van der Waals surface area contributed by atoms with Gasteiger partial charge >= 0.3 is 0 Å². The van der Waals surface area contributed by atoms with Gasteiger partial charge in [-0.15, -0.1) is 0 Å². The molecule has 0 saturated carbocycles. The monoisotopic (exact) mass is 396 g/mol. The third-order valence-electron chi connectivity index (χ3n) is 4.57. The summed E-state index contributed by atoms with van der Waals surface area (Å²) in [6.45, 7) is 5.62. The molecule has 0 saturated heterocycles. The zero-order valence-electron chi connectivity index (χ0n) is 15.5. The molecular formula is C19H17ClN6O2. The molecule has 0 aromatic carbocycles. The van der Waals surface area contributed by atoms with Crippen molar-refractivity contribution in [3.63, 3.8) is 0 Å². The van der Waals surface area contributed by atoms with Gasteiger partial charge in [-0.2, -0.15) is 0 Å². The van der Waals surface area contributed by atoms with Crippen LogP contribution < -0.4 is 5.56 Å². The summed E-state index contributed by atoms with van der Waals surface area (Å²) in [4.78, 5) is 30.5. The van der Waals surface area contributed by atoms with E-state index in [1.807, 2.05) is 26.8 Å². The zero-order chi connectivity index (χ0) is 19.8. The van der Waals surface area contributed by atoms with E-state index in [0.29, 0.717) is 34.9 Å². The average Bonchev–Trinajstić information content (AvgIpc) is 3.04. The summed E-state index contributed by atoms with van der Waals surface area (Å²) < 4.78 is 6.77. The van der Waals surface area contributed by atoms with Gasteiger partial charge in [-0.05, 0) is 38.5 Å². The Hall–Kier alpha value is -3.13. The van der Waals surface area contributed by atoms with E-state index in [-0.39, 0.29) is 5.15 Å². The Kier molecular flexibility index (Phi) is 4.64. The Morgan fingerprint density at radius 2 is 1.93 bits per heavy atom. The number of nitrogens with zero attached hydrogens (tertiary/aromatic N) is 6. The fraction of sp³-hybridized carbons (Fsp3) is 0.263. The van der Waals surface area contributed by atoms with Crippen molar-refractivity contribution in [3.8, 4) is 11.3 Å². The van der Waals surface area contributed by atoms with E-state index in [2.05, 4.69) is 20.1 Å². The predicted octanol–water partition coefficient (Wildman–Crippen LogP) is 3.51. The maximum atomic E-state index is 12.9. The van der Waals surface area contributed by atoms with Crippen LogP contribution in [0.2, 0.25) is 5.15 Å². The molecule has 0 fully saturated rings. The van der Waals surface area contributed by atoms with E-state index in [1.54, 1.807) is 24.5 Å². The topological polar surface area (TPSA) is 99.6 Å². The lowest BCUT2D eigenvalue weighted by Crippen LogP contribution is -2.28. The number of fused-ring (bicyclic) bond motifs is 1. The average molecular weight is 397 g/mol. The molecular weight excluding hydrogens is 380 g/mol. The van der Waals surface area contributed by atoms with E-state index in [0.717, 1.165) is 11.3 Å². The minimum absolute atomic E-state index is 0.117. The summed E-state index contributed by atoms with van der Waals surface area (Å²) in [6.07, 6.45) is 3.87. The van der Waals surface area contributed by atoms with Crippen LogP contribution in [0.4, 0.5) is 0 Å². The van der Waals surface area contributed by atoms with E-state index in [1.165, 1.54) is 4.57 Å². The minimum atomic E-state index is -0.433.